The molecule has 0 aliphatic rings. The number of esters is 1. The molecule has 0 N–H and O–H groups in total. The fourth-order valence-corrected chi connectivity index (χ4v) is 4.16. The maximum absolute atomic E-state index is 10.8. The van der Waals surface area contributed by atoms with Crippen molar-refractivity contribution in [2.75, 3.05) is 13.2 Å². The van der Waals surface area contributed by atoms with Crippen molar-refractivity contribution in [3.63, 3.8) is 0 Å². The van der Waals surface area contributed by atoms with Gasteiger partial charge in [-0.15, -0.1) is 0 Å². The number of ether oxygens (including phenoxy) is 2. The van der Waals surface area contributed by atoms with E-state index >= 15 is 0 Å². The van der Waals surface area contributed by atoms with E-state index in [0.29, 0.717) is 23.3 Å². The van der Waals surface area contributed by atoms with Crippen LogP contribution in [0.1, 0.15) is 38.2 Å². The number of rotatable bonds is 8. The monoisotopic (exact) mass is 416 g/mol. The van der Waals surface area contributed by atoms with Crippen LogP contribution in [0.3, 0.4) is 0 Å². The Balaban J connectivity index is 2.14. The number of aromatic nitrogens is 2. The molecule has 2 rings (SSSR count). The molecule has 1 aromatic heterocycles. The van der Waals surface area contributed by atoms with Crippen LogP contribution < -0.4 is 0 Å². The molecule has 0 saturated carbocycles. The summed E-state index contributed by atoms with van der Waals surface area (Å²) >= 11 is 13.8. The molecule has 142 valence electrons. The van der Waals surface area contributed by atoms with Gasteiger partial charge in [0.2, 0.25) is 0 Å². The largest absolute Gasteiger partial charge is 0.463 e. The second kappa shape index (κ2) is 9.65. The summed E-state index contributed by atoms with van der Waals surface area (Å²) in [5.74, 6) is 0.756. The number of nitrogens with zero attached hydrogens (tertiary/aromatic N) is 2. The number of benzene rings is 1. The topological polar surface area (TPSA) is 53.4 Å². The first kappa shape index (κ1) is 21.1. The quantitative estimate of drug-likeness (QED) is 0.443. The van der Waals surface area contributed by atoms with Gasteiger partial charge in [-0.1, -0.05) is 48.8 Å². The third kappa shape index (κ3) is 5.91. The van der Waals surface area contributed by atoms with Crippen LogP contribution in [0.25, 0.3) is 0 Å². The average molecular weight is 417 g/mol. The minimum absolute atomic E-state index is 0.236. The molecule has 0 aliphatic carbocycles. The first-order valence-corrected chi connectivity index (χ1v) is 9.75. The number of carbonyl (C=O) groups is 1. The highest BCUT2D eigenvalue weighted by Gasteiger charge is 2.19. The molecule has 0 atom stereocenters. The van der Waals surface area contributed by atoms with Crippen LogP contribution in [0.5, 0.6) is 0 Å². The van der Waals surface area contributed by atoms with Crippen LogP contribution in [0.2, 0.25) is 10.0 Å². The van der Waals surface area contributed by atoms with Crippen LogP contribution in [0.15, 0.2) is 28.1 Å². The van der Waals surface area contributed by atoms with Gasteiger partial charge in [0.25, 0.3) is 0 Å². The Hall–Kier alpha value is -1.21. The molecule has 2 aromatic rings. The molecule has 0 fully saturated rings. The van der Waals surface area contributed by atoms with Crippen molar-refractivity contribution in [2.45, 2.75) is 43.2 Å². The Morgan fingerprint density at radius 3 is 2.46 bits per heavy atom. The highest BCUT2D eigenvalue weighted by atomic mass is 35.5. The van der Waals surface area contributed by atoms with Crippen LogP contribution >= 0.6 is 35.0 Å². The lowest BCUT2D eigenvalue weighted by Crippen LogP contribution is -2.09. The molecule has 0 unspecified atom stereocenters. The summed E-state index contributed by atoms with van der Waals surface area (Å²) in [6, 6.07) is 5.47. The Bertz CT molecular complexity index is 758. The van der Waals surface area contributed by atoms with Crippen molar-refractivity contribution in [3.8, 4) is 0 Å². The smallest absolute Gasteiger partial charge is 0.302 e. The lowest BCUT2D eigenvalue weighted by Gasteiger charge is -2.09. The number of imidazole rings is 1. The molecule has 0 bridgehead atoms. The van der Waals surface area contributed by atoms with E-state index < -0.39 is 0 Å². The van der Waals surface area contributed by atoms with E-state index in [1.54, 1.807) is 17.8 Å². The van der Waals surface area contributed by atoms with Gasteiger partial charge in [0.05, 0.1) is 12.3 Å². The third-order valence-corrected chi connectivity index (χ3v) is 5.11. The lowest BCUT2D eigenvalue weighted by molar-refractivity contribution is -0.142. The molecule has 0 saturated heterocycles. The minimum atomic E-state index is -0.313. The van der Waals surface area contributed by atoms with Crippen LogP contribution in [-0.2, 0) is 27.9 Å². The molecule has 0 aliphatic heterocycles. The SMILES string of the molecule is CC(=O)OCCOCc1nc(C(C)C)c(Sc2cc(Cl)cc(Cl)c2)n1C. The fourth-order valence-electron chi connectivity index (χ4n) is 2.28. The molecule has 1 aromatic carbocycles. The summed E-state index contributed by atoms with van der Waals surface area (Å²) in [5.41, 5.74) is 0.993. The summed E-state index contributed by atoms with van der Waals surface area (Å²) in [6.07, 6.45) is 0. The van der Waals surface area contributed by atoms with Crippen LogP contribution in [0.4, 0.5) is 0 Å². The van der Waals surface area contributed by atoms with E-state index in [4.69, 9.17) is 37.7 Å². The Morgan fingerprint density at radius 1 is 1.23 bits per heavy atom. The molecule has 26 heavy (non-hydrogen) atoms. The summed E-state index contributed by atoms with van der Waals surface area (Å²) in [5, 5.41) is 2.22. The van der Waals surface area contributed by atoms with Gasteiger partial charge in [0, 0.05) is 28.9 Å². The molecule has 5 nitrogen and oxygen atoms in total. The second-order valence-electron chi connectivity index (χ2n) is 6.03. The van der Waals surface area contributed by atoms with Gasteiger partial charge >= 0.3 is 5.97 Å². The van der Waals surface area contributed by atoms with Crippen molar-refractivity contribution in [1.82, 2.24) is 9.55 Å². The Morgan fingerprint density at radius 2 is 1.88 bits per heavy atom. The molecular formula is C18H22Cl2N2O3S. The summed E-state index contributed by atoms with van der Waals surface area (Å²) in [6.45, 7) is 6.48. The average Bonchev–Trinajstić information content (AvgIpc) is 2.83. The first-order valence-electron chi connectivity index (χ1n) is 8.18. The molecule has 8 heteroatoms. The number of hydrogen-bond donors (Lipinski definition) is 0. The predicted octanol–water partition coefficient (Wildman–Crippen LogP) is 5.08. The Kier molecular flexibility index (Phi) is 7.83. The van der Waals surface area contributed by atoms with Crippen LogP contribution in [-0.4, -0.2) is 28.7 Å². The van der Waals surface area contributed by atoms with E-state index in [2.05, 4.69) is 13.8 Å². The van der Waals surface area contributed by atoms with E-state index in [0.717, 1.165) is 21.4 Å². The van der Waals surface area contributed by atoms with Crippen LogP contribution in [0, 0.1) is 0 Å². The van der Waals surface area contributed by atoms with E-state index in [-0.39, 0.29) is 18.5 Å². The predicted molar refractivity (Wildman–Crippen MR) is 104 cm³/mol. The molecule has 0 spiro atoms. The summed E-state index contributed by atoms with van der Waals surface area (Å²) in [7, 11) is 1.96. The second-order valence-corrected chi connectivity index (χ2v) is 7.97. The van der Waals surface area contributed by atoms with Gasteiger partial charge in [0.15, 0.2) is 0 Å². The third-order valence-electron chi connectivity index (χ3n) is 3.52. The van der Waals surface area contributed by atoms with Gasteiger partial charge in [-0.3, -0.25) is 4.79 Å². The van der Waals surface area contributed by atoms with E-state index in [1.807, 2.05) is 23.7 Å². The molecule has 0 radical (unpaired) electrons. The van der Waals surface area contributed by atoms with Crippen molar-refractivity contribution >= 4 is 40.9 Å². The zero-order valence-electron chi connectivity index (χ0n) is 15.2. The maximum atomic E-state index is 10.8. The van der Waals surface area contributed by atoms with Crippen molar-refractivity contribution < 1.29 is 14.3 Å². The lowest BCUT2D eigenvalue weighted by atomic mass is 10.2. The van der Waals surface area contributed by atoms with Crippen molar-refractivity contribution in [2.24, 2.45) is 7.05 Å². The van der Waals surface area contributed by atoms with Gasteiger partial charge < -0.3 is 14.0 Å². The molecular weight excluding hydrogens is 395 g/mol. The zero-order chi connectivity index (χ0) is 19.3. The van der Waals surface area contributed by atoms with Gasteiger partial charge in [-0.05, 0) is 24.1 Å². The van der Waals surface area contributed by atoms with Crippen molar-refractivity contribution in [1.29, 1.82) is 0 Å². The standard InChI is InChI=1S/C18H22Cl2N2O3S/c1-11(2)17-18(26-15-8-13(19)7-14(20)9-15)22(4)16(21-17)10-24-5-6-25-12(3)23/h7-9,11H,5-6,10H2,1-4H3. The fraction of sp³-hybridized carbons (Fsp3) is 0.444. The van der Waals surface area contributed by atoms with E-state index in [9.17, 15) is 4.79 Å². The number of hydrogen-bond acceptors (Lipinski definition) is 5. The van der Waals surface area contributed by atoms with Gasteiger partial charge in [-0.25, -0.2) is 4.98 Å². The normalized spacial score (nSPS) is 11.2. The molecule has 0 amide bonds. The summed E-state index contributed by atoms with van der Waals surface area (Å²) < 4.78 is 12.4. The number of halogens is 2. The highest BCUT2D eigenvalue weighted by molar-refractivity contribution is 7.99. The maximum Gasteiger partial charge on any atom is 0.302 e. The number of carbonyl (C=O) groups excluding carboxylic acids is 1. The summed E-state index contributed by atoms with van der Waals surface area (Å²) in [4.78, 5) is 16.4. The first-order chi connectivity index (χ1) is 12.3. The Labute approximate surface area is 168 Å². The van der Waals surface area contributed by atoms with Gasteiger partial charge in [0.1, 0.15) is 24.1 Å². The van der Waals surface area contributed by atoms with Gasteiger partial charge in [-0.2, -0.15) is 0 Å². The van der Waals surface area contributed by atoms with E-state index in [1.165, 1.54) is 6.92 Å². The highest BCUT2D eigenvalue weighted by Crippen LogP contribution is 2.36. The molecule has 1 heterocycles. The zero-order valence-corrected chi connectivity index (χ0v) is 17.5. The van der Waals surface area contributed by atoms with Crippen molar-refractivity contribution in [3.05, 3.63) is 39.8 Å². The minimum Gasteiger partial charge on any atom is -0.463 e.